The fourth-order valence-corrected chi connectivity index (χ4v) is 4.14. The van der Waals surface area contributed by atoms with E-state index in [-0.39, 0.29) is 12.3 Å². The Hall–Kier alpha value is -4.22. The van der Waals surface area contributed by atoms with Gasteiger partial charge in [0.25, 0.3) is 17.7 Å². The molecule has 2 unspecified atom stereocenters. The van der Waals surface area contributed by atoms with E-state index < -0.39 is 41.9 Å². The van der Waals surface area contributed by atoms with Crippen LogP contribution in [-0.4, -0.2) is 64.1 Å². The number of carboxylic acids is 1. The van der Waals surface area contributed by atoms with Crippen molar-refractivity contribution in [2.45, 2.75) is 58.7 Å². The average Bonchev–Trinajstić information content (AvgIpc) is 2.94. The van der Waals surface area contributed by atoms with Crippen molar-refractivity contribution in [3.8, 4) is 16.9 Å². The van der Waals surface area contributed by atoms with Crippen LogP contribution in [0.5, 0.6) is 5.75 Å². The van der Waals surface area contributed by atoms with Crippen LogP contribution in [0.1, 0.15) is 52.2 Å². The van der Waals surface area contributed by atoms with Gasteiger partial charge >= 0.3 is 5.97 Å². The molecular formula is C29H36N4O7. The summed E-state index contributed by atoms with van der Waals surface area (Å²) < 4.78 is 5.59. The second-order valence-electron chi connectivity index (χ2n) is 9.88. The van der Waals surface area contributed by atoms with Crippen LogP contribution in [0.25, 0.3) is 11.1 Å². The third kappa shape index (κ3) is 8.14. The molecule has 3 rings (SSSR count). The Bertz CT molecular complexity index is 1270. The monoisotopic (exact) mass is 552 g/mol. The van der Waals surface area contributed by atoms with Gasteiger partial charge in [0.15, 0.2) is 6.61 Å². The second-order valence-corrected chi connectivity index (χ2v) is 9.88. The minimum Gasteiger partial charge on any atom is -0.484 e. The number of hydrazine groups is 1. The Balaban J connectivity index is 1.54. The summed E-state index contributed by atoms with van der Waals surface area (Å²) in [5.41, 5.74) is 5.85. The highest BCUT2D eigenvalue weighted by Gasteiger charge is 2.31. The molecule has 2 aromatic rings. The van der Waals surface area contributed by atoms with E-state index in [9.17, 15) is 29.4 Å². The molecule has 3 amide bonds. The van der Waals surface area contributed by atoms with Crippen LogP contribution in [0, 0.1) is 0 Å². The number of carbonyl (C=O) groups is 4. The van der Waals surface area contributed by atoms with Crippen LogP contribution >= 0.6 is 0 Å². The summed E-state index contributed by atoms with van der Waals surface area (Å²) in [6.45, 7) is 6.47. The van der Waals surface area contributed by atoms with E-state index in [1.807, 2.05) is 36.4 Å². The van der Waals surface area contributed by atoms with Crippen LogP contribution in [0.15, 0.2) is 59.8 Å². The van der Waals surface area contributed by atoms with Crippen molar-refractivity contribution < 1.29 is 34.1 Å². The maximum absolute atomic E-state index is 12.9. The minimum absolute atomic E-state index is 0.00314. The van der Waals surface area contributed by atoms with Gasteiger partial charge in [0.1, 0.15) is 23.5 Å². The van der Waals surface area contributed by atoms with Gasteiger partial charge in [-0.05, 0) is 81.0 Å². The summed E-state index contributed by atoms with van der Waals surface area (Å²) in [6, 6.07) is 12.9. The van der Waals surface area contributed by atoms with Crippen LogP contribution < -0.4 is 20.8 Å². The minimum atomic E-state index is -1.05. The third-order valence-electron chi connectivity index (χ3n) is 6.39. The molecule has 11 nitrogen and oxygen atoms in total. The van der Waals surface area contributed by atoms with Crippen LogP contribution in [0.2, 0.25) is 0 Å². The van der Waals surface area contributed by atoms with Gasteiger partial charge in [-0.25, -0.2) is 5.43 Å². The Kier molecular flexibility index (Phi) is 10.4. The smallest absolute Gasteiger partial charge is 0.322 e. The SMILES string of the molecule is CC(C)=C(NC(=O)COc1ccc(-c2cccc([C@@H](C)O)c2)cc1)C(=O)NC(C)C(=O)N1CCCC(C(=O)O)N1. The average molecular weight is 553 g/mol. The van der Waals surface area contributed by atoms with E-state index in [0.717, 1.165) is 16.7 Å². The highest BCUT2D eigenvalue weighted by Crippen LogP contribution is 2.25. The molecule has 1 fully saturated rings. The number of ether oxygens (including phenoxy) is 1. The first kappa shape index (κ1) is 30.3. The largest absolute Gasteiger partial charge is 0.484 e. The molecule has 2 aromatic carbocycles. The number of carbonyl (C=O) groups excluding carboxylic acids is 3. The number of aliphatic carboxylic acids is 1. The summed E-state index contributed by atoms with van der Waals surface area (Å²) in [4.78, 5) is 49.5. The van der Waals surface area contributed by atoms with Crippen molar-refractivity contribution in [3.05, 3.63) is 65.4 Å². The van der Waals surface area contributed by atoms with Gasteiger partial charge in [0.05, 0.1) is 6.10 Å². The molecular weight excluding hydrogens is 516 g/mol. The van der Waals surface area contributed by atoms with Gasteiger partial charge < -0.3 is 25.6 Å². The number of nitrogens with zero attached hydrogens (tertiary/aromatic N) is 1. The van der Waals surface area contributed by atoms with Crippen molar-refractivity contribution in [1.29, 1.82) is 0 Å². The second kappa shape index (κ2) is 13.7. The summed E-state index contributed by atoms with van der Waals surface area (Å²) in [5, 5.41) is 25.3. The zero-order chi connectivity index (χ0) is 29.4. The van der Waals surface area contributed by atoms with Crippen molar-refractivity contribution in [2.75, 3.05) is 13.2 Å². The quantitative estimate of drug-likeness (QED) is 0.281. The molecule has 0 aliphatic carbocycles. The van der Waals surface area contributed by atoms with Gasteiger partial charge in [-0.3, -0.25) is 24.2 Å². The van der Waals surface area contributed by atoms with Crippen LogP contribution in [0.4, 0.5) is 0 Å². The lowest BCUT2D eigenvalue weighted by molar-refractivity contribution is -0.148. The van der Waals surface area contributed by atoms with Crippen molar-refractivity contribution in [1.82, 2.24) is 21.1 Å². The highest BCUT2D eigenvalue weighted by molar-refractivity contribution is 6.00. The predicted octanol–water partition coefficient (Wildman–Crippen LogP) is 2.28. The predicted molar refractivity (Wildman–Crippen MR) is 148 cm³/mol. The molecule has 11 heteroatoms. The van der Waals surface area contributed by atoms with E-state index in [1.54, 1.807) is 32.9 Å². The number of benzene rings is 2. The third-order valence-corrected chi connectivity index (χ3v) is 6.39. The van der Waals surface area contributed by atoms with Gasteiger partial charge in [0, 0.05) is 6.54 Å². The molecule has 0 saturated carbocycles. The molecule has 214 valence electrons. The molecule has 3 atom stereocenters. The maximum Gasteiger partial charge on any atom is 0.322 e. The van der Waals surface area contributed by atoms with Gasteiger partial charge in [-0.1, -0.05) is 30.3 Å². The number of allylic oxidation sites excluding steroid dienone is 1. The Labute approximate surface area is 233 Å². The first-order chi connectivity index (χ1) is 19.0. The van der Waals surface area contributed by atoms with Crippen molar-refractivity contribution in [2.24, 2.45) is 0 Å². The lowest BCUT2D eigenvalue weighted by Gasteiger charge is -2.33. The number of hydrogen-bond acceptors (Lipinski definition) is 7. The fourth-order valence-electron chi connectivity index (χ4n) is 4.14. The molecule has 0 bridgehead atoms. The fraction of sp³-hybridized carbons (Fsp3) is 0.379. The van der Waals surface area contributed by atoms with Crippen LogP contribution in [-0.2, 0) is 19.2 Å². The Morgan fingerprint density at radius 1 is 1.07 bits per heavy atom. The van der Waals surface area contributed by atoms with E-state index >= 15 is 0 Å². The van der Waals surface area contributed by atoms with E-state index in [1.165, 1.54) is 11.9 Å². The van der Waals surface area contributed by atoms with Crippen molar-refractivity contribution >= 4 is 23.7 Å². The first-order valence-electron chi connectivity index (χ1n) is 13.1. The molecule has 1 saturated heterocycles. The van der Waals surface area contributed by atoms with E-state index in [0.29, 0.717) is 30.7 Å². The normalized spacial score (nSPS) is 16.3. The molecule has 1 heterocycles. The lowest BCUT2D eigenvalue weighted by Crippen LogP contribution is -2.59. The number of aliphatic hydroxyl groups is 1. The number of carboxylic acid groups (broad SMARTS) is 1. The van der Waals surface area contributed by atoms with Crippen LogP contribution in [0.3, 0.4) is 0 Å². The van der Waals surface area contributed by atoms with E-state index in [4.69, 9.17) is 4.74 Å². The number of nitrogens with one attached hydrogen (secondary N) is 3. The summed E-state index contributed by atoms with van der Waals surface area (Å²) >= 11 is 0. The standard InChI is InChI=1S/C29H36N4O7/c1-17(2)26(27(36)30-18(3)28(37)33-14-6-9-24(32-33)29(38)39)31-25(35)16-40-23-12-10-20(11-13-23)22-8-5-7-21(15-22)19(4)34/h5,7-8,10-13,15,18-19,24,32,34H,6,9,14,16H2,1-4H3,(H,30,36)(H,31,35)(H,38,39)/t18?,19-,24?/m1/s1. The molecule has 5 N–H and O–H groups in total. The van der Waals surface area contributed by atoms with Gasteiger partial charge in [-0.15, -0.1) is 0 Å². The highest BCUT2D eigenvalue weighted by atomic mass is 16.5. The zero-order valence-electron chi connectivity index (χ0n) is 23.1. The number of aliphatic hydroxyl groups excluding tert-OH is 1. The van der Waals surface area contributed by atoms with Crippen molar-refractivity contribution in [3.63, 3.8) is 0 Å². The topological polar surface area (TPSA) is 157 Å². The van der Waals surface area contributed by atoms with E-state index in [2.05, 4.69) is 16.1 Å². The summed E-state index contributed by atoms with van der Waals surface area (Å²) in [6.07, 6.45) is 0.346. The molecule has 0 spiro atoms. The van der Waals surface area contributed by atoms with Gasteiger partial charge in [-0.2, -0.15) is 0 Å². The Morgan fingerprint density at radius 2 is 1.77 bits per heavy atom. The molecule has 1 aliphatic heterocycles. The molecule has 1 aliphatic rings. The number of rotatable bonds is 10. The molecule has 40 heavy (non-hydrogen) atoms. The zero-order valence-corrected chi connectivity index (χ0v) is 23.1. The lowest BCUT2D eigenvalue weighted by atomic mass is 10.0. The number of amides is 3. The number of hydrogen-bond donors (Lipinski definition) is 5. The Morgan fingerprint density at radius 3 is 2.40 bits per heavy atom. The maximum atomic E-state index is 12.9. The molecule has 0 aromatic heterocycles. The summed E-state index contributed by atoms with van der Waals surface area (Å²) in [7, 11) is 0. The summed E-state index contributed by atoms with van der Waals surface area (Å²) in [5.74, 6) is -2.28. The molecule has 0 radical (unpaired) electrons. The first-order valence-corrected chi connectivity index (χ1v) is 13.1. The van der Waals surface area contributed by atoms with Gasteiger partial charge in [0.2, 0.25) is 0 Å².